The smallest absolute Gasteiger partial charge is 0.0961 e. The molecule has 3 heteroatoms. The van der Waals surface area contributed by atoms with Gasteiger partial charge >= 0.3 is 0 Å². The molecule has 3 rings (SSSR count). The molecule has 0 spiro atoms. The van der Waals surface area contributed by atoms with Crippen molar-refractivity contribution in [2.45, 2.75) is 13.0 Å². The van der Waals surface area contributed by atoms with Gasteiger partial charge in [0.05, 0.1) is 10.4 Å². The summed E-state index contributed by atoms with van der Waals surface area (Å²) >= 11 is 7.71. The Labute approximate surface area is 121 Å². The zero-order chi connectivity index (χ0) is 13.4. The van der Waals surface area contributed by atoms with Gasteiger partial charge in [-0.3, -0.25) is 0 Å². The molecule has 0 aliphatic carbocycles. The Kier molecular flexibility index (Phi) is 3.31. The molecule has 0 aliphatic rings. The molecule has 19 heavy (non-hydrogen) atoms. The number of hydrogen-bond donors (Lipinski definition) is 1. The minimum Gasteiger partial charge on any atom is -0.320 e. The lowest BCUT2D eigenvalue weighted by Crippen LogP contribution is -2.10. The fourth-order valence-electron chi connectivity index (χ4n) is 2.31. The van der Waals surface area contributed by atoms with E-state index >= 15 is 0 Å². The van der Waals surface area contributed by atoms with E-state index in [0.29, 0.717) is 0 Å². The average molecular weight is 288 g/mol. The second-order valence-electron chi connectivity index (χ2n) is 4.65. The molecule has 1 nitrogen and oxygen atoms in total. The summed E-state index contributed by atoms with van der Waals surface area (Å²) < 4.78 is 0.825. The fraction of sp³-hybridized carbons (Fsp3) is 0.125. The Bertz CT molecular complexity index is 708. The van der Waals surface area contributed by atoms with Gasteiger partial charge in [-0.05, 0) is 34.9 Å². The molecular formula is C16H14ClNS. The Morgan fingerprint density at radius 3 is 2.58 bits per heavy atom. The van der Waals surface area contributed by atoms with Gasteiger partial charge in [0.1, 0.15) is 0 Å². The van der Waals surface area contributed by atoms with Gasteiger partial charge in [-0.1, -0.05) is 54.1 Å². The number of halogens is 1. The number of thiophene rings is 1. The van der Waals surface area contributed by atoms with Crippen molar-refractivity contribution in [2.24, 2.45) is 5.73 Å². The van der Waals surface area contributed by atoms with Crippen LogP contribution in [0, 0.1) is 6.92 Å². The summed E-state index contributed by atoms with van der Waals surface area (Å²) in [5, 5.41) is 2.43. The summed E-state index contributed by atoms with van der Waals surface area (Å²) in [6, 6.07) is 16.5. The molecule has 2 N–H and O–H groups in total. The summed E-state index contributed by atoms with van der Waals surface area (Å²) in [7, 11) is 0. The third kappa shape index (κ3) is 2.27. The molecule has 0 amide bonds. The van der Waals surface area contributed by atoms with Crippen molar-refractivity contribution in [2.75, 3.05) is 0 Å². The highest BCUT2D eigenvalue weighted by molar-refractivity contribution is 7.16. The van der Waals surface area contributed by atoms with Gasteiger partial charge in [0.15, 0.2) is 0 Å². The molecule has 0 aliphatic heterocycles. The van der Waals surface area contributed by atoms with Crippen molar-refractivity contribution in [3.05, 3.63) is 68.9 Å². The lowest BCUT2D eigenvalue weighted by Gasteiger charge is -2.13. The van der Waals surface area contributed by atoms with Crippen LogP contribution in [0.3, 0.4) is 0 Å². The van der Waals surface area contributed by atoms with E-state index < -0.39 is 0 Å². The summed E-state index contributed by atoms with van der Waals surface area (Å²) in [4.78, 5) is 1.11. The highest BCUT2D eigenvalue weighted by Crippen LogP contribution is 2.35. The summed E-state index contributed by atoms with van der Waals surface area (Å²) in [5.41, 5.74) is 8.66. The summed E-state index contributed by atoms with van der Waals surface area (Å²) in [6.07, 6.45) is 0. The maximum absolute atomic E-state index is 6.42. The van der Waals surface area contributed by atoms with Crippen LogP contribution >= 0.6 is 22.9 Å². The molecule has 0 saturated heterocycles. The van der Waals surface area contributed by atoms with Gasteiger partial charge in [-0.2, -0.15) is 0 Å². The second-order valence-corrected chi connectivity index (χ2v) is 6.34. The van der Waals surface area contributed by atoms with Crippen LogP contribution in [0.5, 0.6) is 0 Å². The minimum atomic E-state index is -0.123. The molecular weight excluding hydrogens is 274 g/mol. The predicted octanol–water partition coefficient (Wildman–Crippen LogP) is 4.91. The van der Waals surface area contributed by atoms with Gasteiger partial charge in [0, 0.05) is 4.88 Å². The lowest BCUT2D eigenvalue weighted by atomic mass is 9.98. The van der Waals surface area contributed by atoms with Gasteiger partial charge < -0.3 is 5.73 Å². The zero-order valence-corrected chi connectivity index (χ0v) is 12.1. The number of fused-ring (bicyclic) bond motifs is 1. The first-order valence-corrected chi connectivity index (χ1v) is 7.35. The molecule has 1 atom stereocenters. The maximum Gasteiger partial charge on any atom is 0.0961 e. The average Bonchev–Trinajstić information content (AvgIpc) is 2.77. The van der Waals surface area contributed by atoms with E-state index in [4.69, 9.17) is 17.3 Å². The van der Waals surface area contributed by atoms with Crippen molar-refractivity contribution in [1.82, 2.24) is 0 Å². The monoisotopic (exact) mass is 287 g/mol. The highest BCUT2D eigenvalue weighted by Gasteiger charge is 2.15. The number of benzene rings is 2. The van der Waals surface area contributed by atoms with E-state index in [-0.39, 0.29) is 6.04 Å². The van der Waals surface area contributed by atoms with Gasteiger partial charge in [0.2, 0.25) is 0 Å². The van der Waals surface area contributed by atoms with Gasteiger partial charge in [-0.25, -0.2) is 0 Å². The number of aryl methyl sites for hydroxylation is 1. The maximum atomic E-state index is 6.42. The Morgan fingerprint density at radius 2 is 1.84 bits per heavy atom. The molecule has 2 aromatic carbocycles. The molecule has 0 radical (unpaired) electrons. The second kappa shape index (κ2) is 4.97. The van der Waals surface area contributed by atoms with Crippen LogP contribution in [0.1, 0.15) is 22.0 Å². The van der Waals surface area contributed by atoms with E-state index in [1.54, 1.807) is 11.3 Å². The Morgan fingerprint density at radius 1 is 1.11 bits per heavy atom. The number of nitrogens with two attached hydrogens (primary N) is 1. The van der Waals surface area contributed by atoms with Crippen LogP contribution in [0.4, 0.5) is 0 Å². The van der Waals surface area contributed by atoms with Crippen LogP contribution in [-0.4, -0.2) is 0 Å². The summed E-state index contributed by atoms with van der Waals surface area (Å²) in [5.74, 6) is 0. The standard InChI is InChI=1S/C16H14ClNS/c1-10-9-14(19-16(10)17)15(18)13-8-4-6-11-5-2-3-7-12(11)13/h2-9,15H,18H2,1H3. The van der Waals surface area contributed by atoms with Crippen LogP contribution in [-0.2, 0) is 0 Å². The first-order valence-electron chi connectivity index (χ1n) is 6.16. The molecule has 0 saturated carbocycles. The van der Waals surface area contributed by atoms with E-state index in [1.807, 2.05) is 19.1 Å². The normalized spacial score (nSPS) is 12.8. The molecule has 0 fully saturated rings. The quantitative estimate of drug-likeness (QED) is 0.712. The van der Waals surface area contributed by atoms with Crippen molar-refractivity contribution >= 4 is 33.7 Å². The molecule has 0 bridgehead atoms. The van der Waals surface area contributed by atoms with E-state index in [1.165, 1.54) is 10.8 Å². The highest BCUT2D eigenvalue weighted by atomic mass is 35.5. The largest absolute Gasteiger partial charge is 0.320 e. The Balaban J connectivity index is 2.13. The van der Waals surface area contributed by atoms with Crippen molar-refractivity contribution in [1.29, 1.82) is 0 Å². The fourth-order valence-corrected chi connectivity index (χ4v) is 3.55. The lowest BCUT2D eigenvalue weighted by molar-refractivity contribution is 0.903. The van der Waals surface area contributed by atoms with E-state index in [0.717, 1.165) is 20.3 Å². The van der Waals surface area contributed by atoms with Crippen LogP contribution < -0.4 is 5.73 Å². The van der Waals surface area contributed by atoms with Crippen LogP contribution in [0.15, 0.2) is 48.5 Å². The molecule has 1 heterocycles. The topological polar surface area (TPSA) is 26.0 Å². The van der Waals surface area contributed by atoms with Crippen LogP contribution in [0.25, 0.3) is 10.8 Å². The van der Waals surface area contributed by atoms with E-state index in [9.17, 15) is 0 Å². The number of hydrogen-bond acceptors (Lipinski definition) is 2. The van der Waals surface area contributed by atoms with Crippen molar-refractivity contribution < 1.29 is 0 Å². The van der Waals surface area contributed by atoms with Crippen LogP contribution in [0.2, 0.25) is 4.34 Å². The van der Waals surface area contributed by atoms with Gasteiger partial charge in [0.25, 0.3) is 0 Å². The van der Waals surface area contributed by atoms with E-state index in [2.05, 4.69) is 36.4 Å². The Hall–Kier alpha value is -1.35. The third-order valence-corrected chi connectivity index (χ3v) is 4.98. The first kappa shape index (κ1) is 12.7. The molecule has 1 aromatic heterocycles. The molecule has 96 valence electrons. The predicted molar refractivity (Wildman–Crippen MR) is 84.0 cm³/mol. The zero-order valence-electron chi connectivity index (χ0n) is 10.6. The van der Waals surface area contributed by atoms with Crippen molar-refractivity contribution in [3.63, 3.8) is 0 Å². The van der Waals surface area contributed by atoms with Crippen molar-refractivity contribution in [3.8, 4) is 0 Å². The van der Waals surface area contributed by atoms with Gasteiger partial charge in [-0.15, -0.1) is 11.3 Å². The molecule has 3 aromatic rings. The molecule has 1 unspecified atom stereocenters. The first-order chi connectivity index (χ1) is 9.16. The minimum absolute atomic E-state index is 0.123. The third-order valence-electron chi connectivity index (χ3n) is 3.34. The number of rotatable bonds is 2. The SMILES string of the molecule is Cc1cc(C(N)c2cccc3ccccc23)sc1Cl. The summed E-state index contributed by atoms with van der Waals surface area (Å²) in [6.45, 7) is 2.01.